The lowest BCUT2D eigenvalue weighted by Crippen LogP contribution is -2.56. The Morgan fingerprint density at radius 2 is 1.91 bits per heavy atom. The van der Waals surface area contributed by atoms with Crippen LogP contribution in [0.4, 0.5) is 0 Å². The summed E-state index contributed by atoms with van der Waals surface area (Å²) >= 11 is 0. The van der Waals surface area contributed by atoms with Crippen molar-refractivity contribution >= 4 is 23.7 Å². The van der Waals surface area contributed by atoms with Gasteiger partial charge in [-0.25, -0.2) is 4.79 Å². The minimum atomic E-state index is -1.19. The number of aliphatic carboxylic acids is 1. The minimum Gasteiger partial charge on any atom is -0.480 e. The zero-order valence-corrected chi connectivity index (χ0v) is 13.3. The minimum absolute atomic E-state index is 0.349. The predicted molar refractivity (Wildman–Crippen MR) is 81.2 cm³/mol. The van der Waals surface area contributed by atoms with E-state index < -0.39 is 48.2 Å². The Labute approximate surface area is 134 Å². The third-order valence-corrected chi connectivity index (χ3v) is 3.65. The third kappa shape index (κ3) is 5.85. The van der Waals surface area contributed by atoms with Gasteiger partial charge in [-0.05, 0) is 25.3 Å². The van der Waals surface area contributed by atoms with Gasteiger partial charge >= 0.3 is 5.97 Å². The van der Waals surface area contributed by atoms with Gasteiger partial charge in [-0.2, -0.15) is 0 Å². The predicted octanol–water partition coefficient (Wildman–Crippen LogP) is -1.68. The number of nitrogens with one attached hydrogen (secondary N) is 3. The molecule has 130 valence electrons. The van der Waals surface area contributed by atoms with Crippen molar-refractivity contribution in [3.05, 3.63) is 0 Å². The number of hydrogen-bond acceptors (Lipinski definition) is 5. The Bertz CT molecular complexity index is 474. The number of carbonyl (C=O) groups excluding carboxylic acids is 3. The Hall–Kier alpha value is -2.16. The molecule has 0 spiro atoms. The summed E-state index contributed by atoms with van der Waals surface area (Å²) in [6.45, 7) is 3.99. The average molecular weight is 328 g/mol. The van der Waals surface area contributed by atoms with Crippen molar-refractivity contribution in [1.29, 1.82) is 0 Å². The number of carbonyl (C=O) groups is 4. The van der Waals surface area contributed by atoms with Gasteiger partial charge in [-0.15, -0.1) is 0 Å². The molecule has 1 rings (SSSR count). The fourth-order valence-corrected chi connectivity index (χ4v) is 2.36. The molecule has 0 aromatic heterocycles. The Balaban J connectivity index is 2.75. The van der Waals surface area contributed by atoms with Crippen LogP contribution < -0.4 is 21.7 Å². The molecule has 9 heteroatoms. The van der Waals surface area contributed by atoms with E-state index in [0.29, 0.717) is 13.0 Å². The molecule has 0 aliphatic carbocycles. The zero-order valence-electron chi connectivity index (χ0n) is 13.3. The molecule has 0 aromatic rings. The van der Waals surface area contributed by atoms with Crippen molar-refractivity contribution in [2.75, 3.05) is 6.54 Å². The largest absolute Gasteiger partial charge is 0.480 e. The van der Waals surface area contributed by atoms with Crippen LogP contribution in [0, 0.1) is 5.92 Å². The highest BCUT2D eigenvalue weighted by atomic mass is 16.4. The van der Waals surface area contributed by atoms with Crippen molar-refractivity contribution in [2.45, 2.75) is 51.2 Å². The van der Waals surface area contributed by atoms with Crippen LogP contribution >= 0.6 is 0 Å². The Kier molecular flexibility index (Phi) is 6.95. The number of primary amides is 1. The lowest BCUT2D eigenvalue weighted by molar-refractivity contribution is -0.143. The van der Waals surface area contributed by atoms with Crippen molar-refractivity contribution in [3.63, 3.8) is 0 Å². The number of hydrogen-bond donors (Lipinski definition) is 5. The summed E-state index contributed by atoms with van der Waals surface area (Å²) in [5.41, 5.74) is 5.11. The molecule has 1 aliphatic heterocycles. The Morgan fingerprint density at radius 1 is 1.26 bits per heavy atom. The molecule has 0 bridgehead atoms. The van der Waals surface area contributed by atoms with Gasteiger partial charge in [-0.1, -0.05) is 13.8 Å². The van der Waals surface area contributed by atoms with Gasteiger partial charge < -0.3 is 26.8 Å². The average Bonchev–Trinajstić information content (AvgIpc) is 2.96. The quantitative estimate of drug-likeness (QED) is 0.359. The first-order valence-electron chi connectivity index (χ1n) is 7.57. The fourth-order valence-electron chi connectivity index (χ4n) is 2.36. The maximum Gasteiger partial charge on any atom is 0.326 e. The van der Waals surface area contributed by atoms with Gasteiger partial charge in [0.1, 0.15) is 12.1 Å². The lowest BCUT2D eigenvalue weighted by atomic mass is 10.0. The molecule has 3 amide bonds. The second-order valence-corrected chi connectivity index (χ2v) is 5.95. The van der Waals surface area contributed by atoms with Gasteiger partial charge in [0.2, 0.25) is 17.7 Å². The van der Waals surface area contributed by atoms with E-state index in [1.54, 1.807) is 13.8 Å². The van der Waals surface area contributed by atoms with Crippen molar-refractivity contribution in [3.8, 4) is 0 Å². The topological polar surface area (TPSA) is 151 Å². The molecule has 0 aromatic carbocycles. The molecular weight excluding hydrogens is 304 g/mol. The monoisotopic (exact) mass is 328 g/mol. The van der Waals surface area contributed by atoms with E-state index >= 15 is 0 Å². The van der Waals surface area contributed by atoms with E-state index in [1.165, 1.54) is 0 Å². The SMILES string of the molecule is CC(C)[C@H](NC(=O)[C@H](CC(N)=O)NC(=O)[C@@H]1CCCN1)C(=O)O. The van der Waals surface area contributed by atoms with Gasteiger partial charge in [0, 0.05) is 0 Å². The van der Waals surface area contributed by atoms with Crippen molar-refractivity contribution in [2.24, 2.45) is 11.7 Å². The summed E-state index contributed by atoms with van der Waals surface area (Å²) in [7, 11) is 0. The molecule has 1 aliphatic rings. The lowest BCUT2D eigenvalue weighted by Gasteiger charge is -2.23. The first kappa shape index (κ1) is 18.9. The number of rotatable bonds is 8. The summed E-state index contributed by atoms with van der Waals surface area (Å²) in [4.78, 5) is 46.6. The van der Waals surface area contributed by atoms with Crippen LogP contribution in [0.15, 0.2) is 0 Å². The summed E-state index contributed by atoms with van der Waals surface area (Å²) < 4.78 is 0. The second kappa shape index (κ2) is 8.47. The summed E-state index contributed by atoms with van der Waals surface area (Å²) in [5.74, 6) is -3.44. The van der Waals surface area contributed by atoms with Crippen LogP contribution in [0.3, 0.4) is 0 Å². The molecule has 1 saturated heterocycles. The van der Waals surface area contributed by atoms with Crippen LogP contribution in [-0.4, -0.2) is 53.5 Å². The third-order valence-electron chi connectivity index (χ3n) is 3.65. The van der Waals surface area contributed by atoms with Gasteiger partial charge in [-0.3, -0.25) is 14.4 Å². The molecule has 0 unspecified atom stereocenters. The molecule has 3 atom stereocenters. The summed E-state index contributed by atoms with van der Waals surface area (Å²) in [6.07, 6.45) is 1.09. The smallest absolute Gasteiger partial charge is 0.326 e. The van der Waals surface area contributed by atoms with E-state index in [-0.39, 0.29) is 5.92 Å². The highest BCUT2D eigenvalue weighted by Gasteiger charge is 2.31. The van der Waals surface area contributed by atoms with E-state index in [2.05, 4.69) is 16.0 Å². The van der Waals surface area contributed by atoms with Crippen LogP contribution in [0.1, 0.15) is 33.1 Å². The highest BCUT2D eigenvalue weighted by Crippen LogP contribution is 2.07. The first-order valence-corrected chi connectivity index (χ1v) is 7.57. The van der Waals surface area contributed by atoms with Gasteiger partial charge in [0.05, 0.1) is 12.5 Å². The highest BCUT2D eigenvalue weighted by molar-refractivity contribution is 5.94. The van der Waals surface area contributed by atoms with E-state index in [4.69, 9.17) is 10.8 Å². The van der Waals surface area contributed by atoms with E-state index in [0.717, 1.165) is 6.42 Å². The molecule has 0 radical (unpaired) electrons. The number of carboxylic acids is 1. The molecular formula is C14H24N4O5. The molecule has 9 nitrogen and oxygen atoms in total. The Morgan fingerprint density at radius 3 is 2.35 bits per heavy atom. The fraction of sp³-hybridized carbons (Fsp3) is 0.714. The van der Waals surface area contributed by atoms with Gasteiger partial charge in [0.25, 0.3) is 0 Å². The maximum atomic E-state index is 12.2. The summed E-state index contributed by atoms with van der Waals surface area (Å²) in [6, 6.07) is -2.72. The van der Waals surface area contributed by atoms with Gasteiger partial charge in [0.15, 0.2) is 0 Å². The standard InChI is InChI=1S/C14H24N4O5/c1-7(2)11(14(22)23)18-13(21)9(6-10(15)19)17-12(20)8-4-3-5-16-8/h7-9,11,16H,3-6H2,1-2H3,(H2,15,19)(H,17,20)(H,18,21)(H,22,23)/t8-,9-,11-/m0/s1. The first-order chi connectivity index (χ1) is 10.7. The number of amides is 3. The molecule has 1 heterocycles. The van der Waals surface area contributed by atoms with Crippen LogP contribution in [0.2, 0.25) is 0 Å². The van der Waals surface area contributed by atoms with Crippen molar-refractivity contribution < 1.29 is 24.3 Å². The molecule has 23 heavy (non-hydrogen) atoms. The van der Waals surface area contributed by atoms with Crippen LogP contribution in [0.5, 0.6) is 0 Å². The molecule has 0 saturated carbocycles. The second-order valence-electron chi connectivity index (χ2n) is 5.95. The van der Waals surface area contributed by atoms with Crippen LogP contribution in [-0.2, 0) is 19.2 Å². The van der Waals surface area contributed by atoms with Crippen LogP contribution in [0.25, 0.3) is 0 Å². The molecule has 6 N–H and O–H groups in total. The normalized spacial score (nSPS) is 19.9. The molecule has 1 fully saturated rings. The zero-order chi connectivity index (χ0) is 17.6. The summed E-state index contributed by atoms with van der Waals surface area (Å²) in [5, 5.41) is 16.9. The number of nitrogens with two attached hydrogens (primary N) is 1. The number of carboxylic acid groups (broad SMARTS) is 1. The van der Waals surface area contributed by atoms with E-state index in [9.17, 15) is 19.2 Å². The maximum absolute atomic E-state index is 12.2. The van der Waals surface area contributed by atoms with Crippen molar-refractivity contribution in [1.82, 2.24) is 16.0 Å². The van der Waals surface area contributed by atoms with E-state index in [1.807, 2.05) is 0 Å².